The van der Waals surface area contributed by atoms with Gasteiger partial charge in [-0.3, -0.25) is 0 Å². The van der Waals surface area contributed by atoms with Crippen LogP contribution >= 0.6 is 0 Å². The second-order valence-electron chi connectivity index (χ2n) is 11.6. The van der Waals surface area contributed by atoms with E-state index in [0.29, 0.717) is 12.5 Å². The summed E-state index contributed by atoms with van der Waals surface area (Å²) in [4.78, 5) is 5.33. The third-order valence-electron chi connectivity index (χ3n) is 8.51. The van der Waals surface area contributed by atoms with Gasteiger partial charge in [-0.25, -0.2) is 9.55 Å². The molecule has 0 aliphatic carbocycles. The van der Waals surface area contributed by atoms with E-state index < -0.39 is 0 Å². The highest BCUT2D eigenvalue weighted by Gasteiger charge is 2.50. The molecule has 0 bridgehead atoms. The van der Waals surface area contributed by atoms with E-state index in [-0.39, 0.29) is 17.1 Å². The maximum Gasteiger partial charge on any atom is 0.287 e. The Morgan fingerprint density at radius 1 is 1.16 bits per heavy atom. The minimum Gasteiger partial charge on any atom is -0.498 e. The molecule has 1 aromatic carbocycles. The molecule has 0 spiro atoms. The molecule has 0 N–H and O–H groups in total. The number of allylic oxidation sites excluding steroid dienone is 1. The summed E-state index contributed by atoms with van der Waals surface area (Å²) in [5.41, 5.74) is 7.34. The van der Waals surface area contributed by atoms with Gasteiger partial charge in [0.2, 0.25) is 5.52 Å². The monoisotopic (exact) mass is 500 g/mol. The number of pyridine rings is 2. The highest BCUT2D eigenvalue weighted by molar-refractivity contribution is 6.05. The van der Waals surface area contributed by atoms with Crippen LogP contribution in [0.5, 0.6) is 0 Å². The zero-order valence-electron chi connectivity index (χ0n) is 23.8. The number of rotatable bonds is 8. The Labute approximate surface area is 221 Å². The van der Waals surface area contributed by atoms with E-state index in [2.05, 4.69) is 86.2 Å². The quantitative estimate of drug-likeness (QED) is 0.190. The van der Waals surface area contributed by atoms with Gasteiger partial charge in [-0.2, -0.15) is 4.40 Å². The van der Waals surface area contributed by atoms with Gasteiger partial charge < -0.3 is 9.47 Å². The molecular weight excluding hydrogens is 458 g/mol. The van der Waals surface area contributed by atoms with Crippen LogP contribution in [-0.2, 0) is 20.4 Å². The van der Waals surface area contributed by atoms with E-state index in [4.69, 9.17) is 14.5 Å². The van der Waals surface area contributed by atoms with Crippen molar-refractivity contribution in [3.8, 4) is 0 Å². The fourth-order valence-corrected chi connectivity index (χ4v) is 6.66. The van der Waals surface area contributed by atoms with Gasteiger partial charge in [0, 0.05) is 24.5 Å². The summed E-state index contributed by atoms with van der Waals surface area (Å²) in [6.45, 7) is 16.2. The lowest BCUT2D eigenvalue weighted by molar-refractivity contribution is -0.726. The number of aromatic nitrogens is 3. The summed E-state index contributed by atoms with van der Waals surface area (Å²) in [6, 6.07) is 13.3. The van der Waals surface area contributed by atoms with Gasteiger partial charge in [0.1, 0.15) is 5.54 Å². The molecule has 2 atom stereocenters. The molecule has 5 nitrogen and oxygen atoms in total. The Kier molecular flexibility index (Phi) is 6.56. The Morgan fingerprint density at radius 3 is 2.59 bits per heavy atom. The van der Waals surface area contributed by atoms with Crippen molar-refractivity contribution in [2.45, 2.75) is 90.7 Å². The molecule has 3 aromatic heterocycles. The summed E-state index contributed by atoms with van der Waals surface area (Å²) in [6.07, 6.45) is 7.32. The van der Waals surface area contributed by atoms with Gasteiger partial charge in [0.05, 0.1) is 41.3 Å². The second kappa shape index (κ2) is 9.43. The van der Waals surface area contributed by atoms with Crippen molar-refractivity contribution in [1.29, 1.82) is 0 Å². The molecule has 4 aromatic rings. The van der Waals surface area contributed by atoms with Gasteiger partial charge in [-0.1, -0.05) is 52.8 Å². The number of ether oxygens (including phenoxy) is 2. The molecule has 0 amide bonds. The summed E-state index contributed by atoms with van der Waals surface area (Å²) < 4.78 is 16.7. The van der Waals surface area contributed by atoms with Crippen LogP contribution in [0.3, 0.4) is 0 Å². The normalized spacial score (nSPS) is 18.3. The Bertz CT molecular complexity index is 1490. The topological polar surface area (TPSA) is 39.6 Å². The predicted octanol–water partition coefficient (Wildman–Crippen LogP) is 7.18. The van der Waals surface area contributed by atoms with Crippen LogP contribution in [0.4, 0.5) is 0 Å². The number of nitrogens with zero attached hydrogens (tertiary/aromatic N) is 3. The van der Waals surface area contributed by atoms with Crippen LogP contribution in [0.15, 0.2) is 54.4 Å². The number of imidazole rings is 1. The van der Waals surface area contributed by atoms with Crippen molar-refractivity contribution in [2.75, 3.05) is 13.7 Å². The van der Waals surface area contributed by atoms with E-state index in [1.165, 1.54) is 27.6 Å². The highest BCUT2D eigenvalue weighted by atomic mass is 16.5. The lowest BCUT2D eigenvalue weighted by Gasteiger charge is -2.41. The molecule has 2 unspecified atom stereocenters. The van der Waals surface area contributed by atoms with E-state index in [9.17, 15) is 0 Å². The Balaban J connectivity index is 1.78. The summed E-state index contributed by atoms with van der Waals surface area (Å²) in [5.74, 6) is 1.23. The SMILES string of the molecule is CCC1(CC)C(CCOC(C)=CC(C)OC)c2cccc3nc(C(C)(C)C)c4c(c23)[n+]1c1ccccn41. The average Bonchev–Trinajstić information content (AvgIpc) is 3.23. The summed E-state index contributed by atoms with van der Waals surface area (Å²) in [5, 5.41) is 1.30. The van der Waals surface area contributed by atoms with Crippen molar-refractivity contribution in [2.24, 2.45) is 0 Å². The molecule has 37 heavy (non-hydrogen) atoms. The molecule has 1 aliphatic rings. The number of fused-ring (bicyclic) bond motifs is 3. The molecule has 0 saturated carbocycles. The maximum atomic E-state index is 6.24. The molecule has 0 fully saturated rings. The molecule has 0 saturated heterocycles. The standard InChI is InChI=1S/C32H42N3O2/c1-9-32(10-2)24(17-19-37-22(4)20-21(3)36-8)23-14-13-15-25-27(23)28-29(30(33-25)31(5,6)7)34-18-12-11-16-26(34)35(28)32/h11-16,18,20-21,24H,9-10,17,19H2,1-8H3/q+1. The number of benzene rings is 1. The highest BCUT2D eigenvalue weighted by Crippen LogP contribution is 2.48. The van der Waals surface area contributed by atoms with Crippen molar-refractivity contribution < 1.29 is 14.0 Å². The van der Waals surface area contributed by atoms with Crippen molar-refractivity contribution >= 4 is 27.6 Å². The minimum absolute atomic E-state index is 0.0420. The predicted molar refractivity (Wildman–Crippen MR) is 151 cm³/mol. The minimum atomic E-state index is -0.0822. The lowest BCUT2D eigenvalue weighted by atomic mass is 9.70. The largest absolute Gasteiger partial charge is 0.498 e. The van der Waals surface area contributed by atoms with Crippen molar-refractivity contribution in [3.63, 3.8) is 0 Å². The van der Waals surface area contributed by atoms with Crippen molar-refractivity contribution in [1.82, 2.24) is 9.38 Å². The van der Waals surface area contributed by atoms with Crippen LogP contribution in [0.1, 0.15) is 84.9 Å². The first-order valence-electron chi connectivity index (χ1n) is 13.8. The van der Waals surface area contributed by atoms with E-state index >= 15 is 0 Å². The fraction of sp³-hybridized carbons (Fsp3) is 0.500. The van der Waals surface area contributed by atoms with Gasteiger partial charge in [0.25, 0.3) is 5.65 Å². The molecular formula is C32H42N3O2+. The first-order chi connectivity index (χ1) is 17.7. The Hall–Kier alpha value is -2.92. The lowest BCUT2D eigenvalue weighted by Crippen LogP contribution is -2.60. The summed E-state index contributed by atoms with van der Waals surface area (Å²) in [7, 11) is 1.73. The van der Waals surface area contributed by atoms with E-state index in [1.54, 1.807) is 7.11 Å². The van der Waals surface area contributed by atoms with Crippen LogP contribution in [0.25, 0.3) is 27.6 Å². The third kappa shape index (κ3) is 3.94. The molecule has 5 rings (SSSR count). The third-order valence-corrected chi connectivity index (χ3v) is 8.51. The van der Waals surface area contributed by atoms with Crippen LogP contribution in [-0.4, -0.2) is 29.2 Å². The van der Waals surface area contributed by atoms with Crippen LogP contribution in [0, 0.1) is 0 Å². The van der Waals surface area contributed by atoms with Gasteiger partial charge in [-0.05, 0) is 56.9 Å². The van der Waals surface area contributed by atoms with Gasteiger partial charge >= 0.3 is 0 Å². The first kappa shape index (κ1) is 25.7. The van der Waals surface area contributed by atoms with Crippen LogP contribution < -0.4 is 4.57 Å². The van der Waals surface area contributed by atoms with E-state index in [1.807, 2.05) is 19.9 Å². The first-order valence-corrected chi connectivity index (χ1v) is 13.8. The van der Waals surface area contributed by atoms with Gasteiger partial charge in [0.15, 0.2) is 5.52 Å². The van der Waals surface area contributed by atoms with Gasteiger partial charge in [-0.15, -0.1) is 0 Å². The molecule has 0 radical (unpaired) electrons. The number of hydrogen-bond acceptors (Lipinski definition) is 3. The molecule has 4 heterocycles. The zero-order valence-corrected chi connectivity index (χ0v) is 23.8. The summed E-state index contributed by atoms with van der Waals surface area (Å²) >= 11 is 0. The zero-order chi connectivity index (χ0) is 26.5. The second-order valence-corrected chi connectivity index (χ2v) is 11.6. The smallest absolute Gasteiger partial charge is 0.287 e. The molecule has 5 heteroatoms. The fourth-order valence-electron chi connectivity index (χ4n) is 6.66. The van der Waals surface area contributed by atoms with Crippen LogP contribution in [0.2, 0.25) is 0 Å². The number of methoxy groups -OCH3 is 1. The molecule has 196 valence electrons. The molecule has 1 aliphatic heterocycles. The number of hydrogen-bond donors (Lipinski definition) is 0. The maximum absolute atomic E-state index is 6.24. The Morgan fingerprint density at radius 2 is 1.92 bits per heavy atom. The average molecular weight is 501 g/mol. The van der Waals surface area contributed by atoms with Crippen molar-refractivity contribution in [3.05, 3.63) is 65.7 Å². The van der Waals surface area contributed by atoms with E-state index in [0.717, 1.165) is 36.2 Å².